The van der Waals surface area contributed by atoms with Gasteiger partial charge in [-0.3, -0.25) is 5.41 Å². The fraction of sp³-hybridized carbons (Fsp3) is 0.333. The lowest BCUT2D eigenvalue weighted by molar-refractivity contribution is 0.226. The van der Waals surface area contributed by atoms with E-state index in [-0.39, 0.29) is 0 Å². The molecular weight excluding hydrogens is 302 g/mol. The van der Waals surface area contributed by atoms with Crippen molar-refractivity contribution in [3.8, 4) is 11.4 Å². The van der Waals surface area contributed by atoms with Gasteiger partial charge in [0.1, 0.15) is 12.2 Å². The van der Waals surface area contributed by atoms with E-state index < -0.39 is 12.1 Å². The zero-order valence-corrected chi connectivity index (χ0v) is 12.3. The fourth-order valence-electron chi connectivity index (χ4n) is 2.44. The van der Waals surface area contributed by atoms with E-state index in [1.165, 1.54) is 12.4 Å². The van der Waals surface area contributed by atoms with Gasteiger partial charge in [-0.1, -0.05) is 0 Å². The summed E-state index contributed by atoms with van der Waals surface area (Å²) in [7, 11) is 0. The van der Waals surface area contributed by atoms with E-state index >= 15 is 0 Å². The molecule has 1 unspecified atom stereocenters. The standard InChI is InChI=1S/C15H16F2N6/c16-15(17)10(18)1-2-14-20-7-13(23-14)12-5-11(21-8-22-12)9-3-4-19-6-9/h1-2,5,7-9,15,18-19H,3-4,6H2,(H,20,23)/b2-1-,18-10?. The minimum absolute atomic E-state index is 0.380. The van der Waals surface area contributed by atoms with E-state index in [1.807, 2.05) is 6.07 Å². The Bertz CT molecular complexity index is 718. The summed E-state index contributed by atoms with van der Waals surface area (Å²) in [4.78, 5) is 15.6. The van der Waals surface area contributed by atoms with Crippen molar-refractivity contribution in [2.45, 2.75) is 18.8 Å². The van der Waals surface area contributed by atoms with Crippen LogP contribution < -0.4 is 5.32 Å². The highest BCUT2D eigenvalue weighted by Crippen LogP contribution is 2.23. The zero-order chi connectivity index (χ0) is 16.2. The van der Waals surface area contributed by atoms with Gasteiger partial charge in [-0.2, -0.15) is 0 Å². The second kappa shape index (κ2) is 6.74. The molecule has 1 aliphatic rings. The number of rotatable bonds is 5. The number of imidazole rings is 1. The minimum atomic E-state index is -2.79. The second-order valence-corrected chi connectivity index (χ2v) is 5.29. The molecule has 0 aliphatic carbocycles. The van der Waals surface area contributed by atoms with Crippen molar-refractivity contribution < 1.29 is 8.78 Å². The smallest absolute Gasteiger partial charge is 0.279 e. The van der Waals surface area contributed by atoms with Crippen molar-refractivity contribution in [3.05, 3.63) is 36.2 Å². The highest BCUT2D eigenvalue weighted by Gasteiger charge is 2.18. The molecule has 3 N–H and O–H groups in total. The highest BCUT2D eigenvalue weighted by molar-refractivity contribution is 5.97. The number of aromatic amines is 1. The van der Waals surface area contributed by atoms with Gasteiger partial charge in [0.15, 0.2) is 0 Å². The lowest BCUT2D eigenvalue weighted by Gasteiger charge is -2.07. The summed E-state index contributed by atoms with van der Waals surface area (Å²) in [6, 6.07) is 1.92. The fourth-order valence-corrected chi connectivity index (χ4v) is 2.44. The third-order valence-electron chi connectivity index (χ3n) is 3.69. The first-order valence-electron chi connectivity index (χ1n) is 7.26. The molecule has 6 nitrogen and oxygen atoms in total. The average Bonchev–Trinajstić information content (AvgIpc) is 3.24. The molecule has 1 fully saturated rings. The average molecular weight is 318 g/mol. The van der Waals surface area contributed by atoms with Crippen molar-refractivity contribution in [1.29, 1.82) is 5.41 Å². The van der Waals surface area contributed by atoms with E-state index in [0.29, 0.717) is 23.1 Å². The van der Waals surface area contributed by atoms with Gasteiger partial charge in [-0.15, -0.1) is 0 Å². The SMILES string of the molecule is N=C(/C=C\c1ncc(-c2cc(C3CCNC3)ncn2)[nH]1)C(F)F. The Morgan fingerprint density at radius 2 is 2.22 bits per heavy atom. The van der Waals surface area contributed by atoms with E-state index in [9.17, 15) is 8.78 Å². The number of aromatic nitrogens is 4. The third-order valence-corrected chi connectivity index (χ3v) is 3.69. The number of nitrogens with zero attached hydrogens (tertiary/aromatic N) is 3. The lowest BCUT2D eigenvalue weighted by Crippen LogP contribution is -2.09. The van der Waals surface area contributed by atoms with Crippen LogP contribution in [0.25, 0.3) is 17.5 Å². The topological polar surface area (TPSA) is 90.3 Å². The van der Waals surface area contributed by atoms with E-state index in [1.54, 1.807) is 6.20 Å². The minimum Gasteiger partial charge on any atom is -0.337 e. The molecule has 23 heavy (non-hydrogen) atoms. The molecule has 2 aromatic rings. The van der Waals surface area contributed by atoms with Crippen molar-refractivity contribution in [2.24, 2.45) is 0 Å². The summed E-state index contributed by atoms with van der Waals surface area (Å²) in [6.45, 7) is 1.89. The van der Waals surface area contributed by atoms with Gasteiger partial charge >= 0.3 is 0 Å². The molecule has 1 aliphatic heterocycles. The van der Waals surface area contributed by atoms with Crippen LogP contribution in [0.15, 0.2) is 24.7 Å². The Hall–Kier alpha value is -2.48. The van der Waals surface area contributed by atoms with Gasteiger partial charge in [0, 0.05) is 18.2 Å². The van der Waals surface area contributed by atoms with Gasteiger partial charge in [-0.05, 0) is 31.2 Å². The summed E-state index contributed by atoms with van der Waals surface area (Å²) in [5.41, 5.74) is 1.62. The molecule has 0 spiro atoms. The van der Waals surface area contributed by atoms with Crippen LogP contribution in [0.1, 0.15) is 23.9 Å². The predicted octanol–water partition coefficient (Wildman–Crippen LogP) is 2.24. The Morgan fingerprint density at radius 3 is 2.96 bits per heavy atom. The normalized spacial score (nSPS) is 18.1. The lowest BCUT2D eigenvalue weighted by atomic mass is 10.0. The summed E-state index contributed by atoms with van der Waals surface area (Å²) < 4.78 is 24.5. The van der Waals surface area contributed by atoms with E-state index in [4.69, 9.17) is 5.41 Å². The zero-order valence-electron chi connectivity index (χ0n) is 12.3. The Kier molecular flexibility index (Phi) is 4.52. The summed E-state index contributed by atoms with van der Waals surface area (Å²) >= 11 is 0. The number of halogens is 2. The number of H-pyrrole nitrogens is 1. The molecule has 3 rings (SSSR count). The Balaban J connectivity index is 1.77. The molecule has 0 aromatic carbocycles. The number of nitrogens with one attached hydrogen (secondary N) is 3. The maximum Gasteiger partial charge on any atom is 0.279 e. The molecule has 0 bridgehead atoms. The van der Waals surface area contributed by atoms with Crippen molar-refractivity contribution in [2.75, 3.05) is 13.1 Å². The van der Waals surface area contributed by atoms with Crippen LogP contribution in [-0.4, -0.2) is 45.2 Å². The quantitative estimate of drug-likeness (QED) is 0.738. The maximum absolute atomic E-state index is 12.3. The molecule has 0 amide bonds. The van der Waals surface area contributed by atoms with Crippen LogP contribution in [0.2, 0.25) is 0 Å². The number of hydrogen-bond donors (Lipinski definition) is 3. The van der Waals surface area contributed by atoms with Crippen LogP contribution in [0.5, 0.6) is 0 Å². The summed E-state index contributed by atoms with van der Waals surface area (Å²) in [5, 5.41) is 10.4. The highest BCUT2D eigenvalue weighted by atomic mass is 19.3. The molecule has 2 aromatic heterocycles. The van der Waals surface area contributed by atoms with Crippen LogP contribution in [0.4, 0.5) is 8.78 Å². The molecule has 8 heteroatoms. The summed E-state index contributed by atoms with van der Waals surface area (Å²) in [6.07, 6.45) is 3.74. The largest absolute Gasteiger partial charge is 0.337 e. The van der Waals surface area contributed by atoms with Crippen LogP contribution in [0, 0.1) is 5.41 Å². The number of hydrogen-bond acceptors (Lipinski definition) is 5. The van der Waals surface area contributed by atoms with Crippen LogP contribution in [-0.2, 0) is 0 Å². The van der Waals surface area contributed by atoms with Gasteiger partial charge in [0.2, 0.25) is 0 Å². The van der Waals surface area contributed by atoms with Crippen LogP contribution in [0.3, 0.4) is 0 Å². The van der Waals surface area contributed by atoms with Crippen LogP contribution >= 0.6 is 0 Å². The van der Waals surface area contributed by atoms with E-state index in [2.05, 4.69) is 25.3 Å². The molecule has 1 saturated heterocycles. The maximum atomic E-state index is 12.3. The van der Waals surface area contributed by atoms with Gasteiger partial charge < -0.3 is 10.3 Å². The number of alkyl halides is 2. The molecule has 0 saturated carbocycles. The first kappa shape index (κ1) is 15.4. The predicted molar refractivity (Wildman–Crippen MR) is 82.6 cm³/mol. The van der Waals surface area contributed by atoms with E-state index in [0.717, 1.165) is 31.3 Å². The molecular formula is C15H16F2N6. The molecule has 1 atom stereocenters. The van der Waals surface area contributed by atoms with Crippen molar-refractivity contribution in [3.63, 3.8) is 0 Å². The number of allylic oxidation sites excluding steroid dienone is 1. The third kappa shape index (κ3) is 3.65. The molecule has 0 radical (unpaired) electrons. The Morgan fingerprint density at radius 1 is 1.35 bits per heavy atom. The first-order chi connectivity index (χ1) is 11.1. The second-order valence-electron chi connectivity index (χ2n) is 5.29. The van der Waals surface area contributed by atoms with Gasteiger partial charge in [0.25, 0.3) is 6.43 Å². The monoisotopic (exact) mass is 318 g/mol. The first-order valence-corrected chi connectivity index (χ1v) is 7.26. The van der Waals surface area contributed by atoms with Gasteiger partial charge in [-0.25, -0.2) is 23.7 Å². The summed E-state index contributed by atoms with van der Waals surface area (Å²) in [5.74, 6) is 0.777. The van der Waals surface area contributed by atoms with Crippen molar-refractivity contribution in [1.82, 2.24) is 25.3 Å². The van der Waals surface area contributed by atoms with Crippen molar-refractivity contribution >= 4 is 11.8 Å². The van der Waals surface area contributed by atoms with Gasteiger partial charge in [0.05, 0.1) is 23.3 Å². The molecule has 3 heterocycles. The molecule has 120 valence electrons. The Labute approximate surface area is 131 Å².